The van der Waals surface area contributed by atoms with Crippen LogP contribution in [0, 0.1) is 0 Å². The molecule has 0 spiro atoms. The van der Waals surface area contributed by atoms with Crippen molar-refractivity contribution < 1.29 is 31.1 Å². The predicted molar refractivity (Wildman–Crippen MR) is 98.8 cm³/mol. The third kappa shape index (κ3) is 5.08. The zero-order chi connectivity index (χ0) is 22.2. The SMILES string of the molecule is CC(c1nnc(C(C)(C)C)o1)N(CCO)S(=O)(=O)c1ccc(C(F)(F)F)cc1Cl. The normalized spacial score (nSPS) is 14.4. The van der Waals surface area contributed by atoms with Gasteiger partial charge in [-0.05, 0) is 25.1 Å². The number of aromatic nitrogens is 2. The molecule has 162 valence electrons. The molecule has 0 saturated heterocycles. The lowest BCUT2D eigenvalue weighted by Crippen LogP contribution is -2.36. The summed E-state index contributed by atoms with van der Waals surface area (Å²) >= 11 is 5.86. The summed E-state index contributed by atoms with van der Waals surface area (Å²) in [5.74, 6) is 0.267. The van der Waals surface area contributed by atoms with Crippen molar-refractivity contribution in [1.29, 1.82) is 0 Å². The van der Waals surface area contributed by atoms with Gasteiger partial charge in [0.2, 0.25) is 21.8 Å². The number of alkyl halides is 3. The molecular weight excluding hydrogens is 435 g/mol. The Morgan fingerprint density at radius 3 is 2.31 bits per heavy atom. The second-order valence-corrected chi connectivity index (χ2v) is 9.62. The average Bonchev–Trinajstić information content (AvgIpc) is 3.08. The largest absolute Gasteiger partial charge is 0.423 e. The molecule has 12 heteroatoms. The molecule has 2 rings (SSSR count). The summed E-state index contributed by atoms with van der Waals surface area (Å²) in [6.45, 7) is 6.07. The molecule has 1 aromatic heterocycles. The Morgan fingerprint density at radius 2 is 1.86 bits per heavy atom. The fourth-order valence-corrected chi connectivity index (χ4v) is 4.56. The topological polar surface area (TPSA) is 96.5 Å². The summed E-state index contributed by atoms with van der Waals surface area (Å²) in [6, 6.07) is 0.964. The summed E-state index contributed by atoms with van der Waals surface area (Å²) in [7, 11) is -4.38. The van der Waals surface area contributed by atoms with Gasteiger partial charge in [-0.1, -0.05) is 32.4 Å². The van der Waals surface area contributed by atoms with Gasteiger partial charge in [0.05, 0.1) is 17.2 Å². The number of benzene rings is 1. The van der Waals surface area contributed by atoms with Crippen LogP contribution >= 0.6 is 11.6 Å². The summed E-state index contributed by atoms with van der Waals surface area (Å²) in [5, 5.41) is 16.5. The van der Waals surface area contributed by atoms with Gasteiger partial charge in [-0.25, -0.2) is 8.42 Å². The van der Waals surface area contributed by atoms with Crippen LogP contribution in [0.2, 0.25) is 5.02 Å². The lowest BCUT2D eigenvalue weighted by atomic mass is 9.97. The maximum absolute atomic E-state index is 13.1. The third-order valence-electron chi connectivity index (χ3n) is 4.04. The molecule has 1 heterocycles. The van der Waals surface area contributed by atoms with E-state index in [1.54, 1.807) is 0 Å². The molecule has 1 N–H and O–H groups in total. The molecule has 0 bridgehead atoms. The highest BCUT2D eigenvalue weighted by Crippen LogP contribution is 2.36. The molecule has 7 nitrogen and oxygen atoms in total. The Labute approximate surface area is 171 Å². The van der Waals surface area contributed by atoms with Crippen LogP contribution < -0.4 is 0 Å². The quantitative estimate of drug-likeness (QED) is 0.712. The summed E-state index contributed by atoms with van der Waals surface area (Å²) < 4.78 is 71.1. The number of aliphatic hydroxyl groups excluding tert-OH is 1. The van der Waals surface area contributed by atoms with Crippen LogP contribution in [0.1, 0.15) is 51.1 Å². The van der Waals surface area contributed by atoms with Gasteiger partial charge in [-0.15, -0.1) is 10.2 Å². The summed E-state index contributed by atoms with van der Waals surface area (Å²) in [6.07, 6.45) is -4.67. The number of hydrogen-bond acceptors (Lipinski definition) is 6. The molecule has 1 atom stereocenters. The van der Waals surface area contributed by atoms with Gasteiger partial charge < -0.3 is 9.52 Å². The lowest BCUT2D eigenvalue weighted by Gasteiger charge is -2.26. The highest BCUT2D eigenvalue weighted by atomic mass is 35.5. The van der Waals surface area contributed by atoms with Gasteiger partial charge in [0, 0.05) is 12.0 Å². The lowest BCUT2D eigenvalue weighted by molar-refractivity contribution is -0.137. The van der Waals surface area contributed by atoms with Gasteiger partial charge in [0.15, 0.2) is 0 Å². The van der Waals surface area contributed by atoms with E-state index in [1.807, 2.05) is 20.8 Å². The maximum Gasteiger partial charge on any atom is 0.416 e. The van der Waals surface area contributed by atoms with E-state index in [1.165, 1.54) is 6.92 Å². The van der Waals surface area contributed by atoms with E-state index in [0.717, 1.165) is 10.4 Å². The highest BCUT2D eigenvalue weighted by Gasteiger charge is 2.37. The van der Waals surface area contributed by atoms with Gasteiger partial charge >= 0.3 is 6.18 Å². The number of sulfonamides is 1. The molecule has 0 aliphatic heterocycles. The van der Waals surface area contributed by atoms with E-state index in [-0.39, 0.29) is 18.3 Å². The zero-order valence-corrected chi connectivity index (χ0v) is 17.7. The molecule has 29 heavy (non-hydrogen) atoms. The molecule has 0 aliphatic rings. The minimum atomic E-state index is -4.67. The predicted octanol–water partition coefficient (Wildman–Crippen LogP) is 3.78. The van der Waals surface area contributed by atoms with E-state index in [4.69, 9.17) is 16.0 Å². The first-order valence-electron chi connectivity index (χ1n) is 8.53. The first-order chi connectivity index (χ1) is 13.2. The number of rotatable bonds is 6. The van der Waals surface area contributed by atoms with Crippen LogP contribution in [-0.4, -0.2) is 41.2 Å². The first kappa shape index (κ1) is 23.6. The van der Waals surface area contributed by atoms with Crippen molar-refractivity contribution in [3.8, 4) is 0 Å². The molecule has 1 unspecified atom stereocenters. The van der Waals surface area contributed by atoms with Crippen molar-refractivity contribution in [2.45, 2.75) is 50.2 Å². The molecule has 0 saturated carbocycles. The van der Waals surface area contributed by atoms with Crippen LogP contribution in [-0.2, 0) is 21.6 Å². The Balaban J connectivity index is 2.47. The Kier molecular flexibility index (Phi) is 6.68. The van der Waals surface area contributed by atoms with E-state index >= 15 is 0 Å². The van der Waals surface area contributed by atoms with E-state index < -0.39 is 49.7 Å². The molecule has 0 aliphatic carbocycles. The van der Waals surface area contributed by atoms with Crippen molar-refractivity contribution in [2.24, 2.45) is 0 Å². The molecule has 0 amide bonds. The molecule has 0 radical (unpaired) electrons. The van der Waals surface area contributed by atoms with Crippen molar-refractivity contribution in [2.75, 3.05) is 13.2 Å². The Hall–Kier alpha value is -1.69. The number of hydrogen-bond donors (Lipinski definition) is 1. The highest BCUT2D eigenvalue weighted by molar-refractivity contribution is 7.89. The Bertz CT molecular complexity index is 971. The monoisotopic (exact) mass is 455 g/mol. The van der Waals surface area contributed by atoms with Gasteiger partial charge in [-0.3, -0.25) is 0 Å². The summed E-state index contributed by atoms with van der Waals surface area (Å²) in [4.78, 5) is -0.525. The fourth-order valence-electron chi connectivity index (χ4n) is 2.46. The fraction of sp³-hybridized carbons (Fsp3) is 0.529. The minimum Gasteiger partial charge on any atom is -0.423 e. The van der Waals surface area contributed by atoms with Gasteiger partial charge in [0.1, 0.15) is 10.9 Å². The first-order valence-corrected chi connectivity index (χ1v) is 10.3. The number of halogens is 4. The molecule has 0 fully saturated rings. The van der Waals surface area contributed by atoms with E-state index in [9.17, 15) is 26.7 Å². The van der Waals surface area contributed by atoms with Crippen molar-refractivity contribution in [1.82, 2.24) is 14.5 Å². The van der Waals surface area contributed by atoms with Crippen molar-refractivity contribution in [3.63, 3.8) is 0 Å². The van der Waals surface area contributed by atoms with Crippen LogP contribution in [0.3, 0.4) is 0 Å². The smallest absolute Gasteiger partial charge is 0.416 e. The van der Waals surface area contributed by atoms with E-state index in [0.29, 0.717) is 12.1 Å². The van der Waals surface area contributed by atoms with E-state index in [2.05, 4.69) is 10.2 Å². The van der Waals surface area contributed by atoms with Gasteiger partial charge in [-0.2, -0.15) is 17.5 Å². The molecule has 2 aromatic rings. The van der Waals surface area contributed by atoms with Gasteiger partial charge in [0.25, 0.3) is 0 Å². The minimum absolute atomic E-state index is 0.0185. The zero-order valence-electron chi connectivity index (χ0n) is 16.2. The maximum atomic E-state index is 13.1. The number of aliphatic hydroxyl groups is 1. The second kappa shape index (κ2) is 8.21. The van der Waals surface area contributed by atoms with Crippen molar-refractivity contribution in [3.05, 3.63) is 40.6 Å². The van der Waals surface area contributed by atoms with Crippen LogP contribution in [0.4, 0.5) is 13.2 Å². The summed E-state index contributed by atoms with van der Waals surface area (Å²) in [5.41, 5.74) is -1.54. The molecule has 1 aromatic carbocycles. The third-order valence-corrected chi connectivity index (χ3v) is 6.49. The second-order valence-electron chi connectivity index (χ2n) is 7.35. The Morgan fingerprint density at radius 1 is 1.24 bits per heavy atom. The van der Waals surface area contributed by atoms with Crippen LogP contribution in [0.25, 0.3) is 0 Å². The van der Waals surface area contributed by atoms with Crippen LogP contribution in [0.5, 0.6) is 0 Å². The standard InChI is InChI=1S/C17H21ClF3N3O4S/c1-10(14-22-23-15(28-14)16(2,3)4)24(7-8-25)29(26,27)13-6-5-11(9-12(13)18)17(19,20)21/h5-6,9-10,25H,7-8H2,1-4H3. The van der Waals surface area contributed by atoms with Crippen molar-refractivity contribution >= 4 is 21.6 Å². The average molecular weight is 456 g/mol. The van der Waals surface area contributed by atoms with Crippen LogP contribution in [0.15, 0.2) is 27.5 Å². The number of nitrogens with zero attached hydrogens (tertiary/aromatic N) is 3. The molecular formula is C17H21ClF3N3O4S.